The van der Waals surface area contributed by atoms with Crippen molar-refractivity contribution < 1.29 is 9.90 Å². The van der Waals surface area contributed by atoms with E-state index < -0.39 is 0 Å². The van der Waals surface area contributed by atoms with Crippen molar-refractivity contribution in [1.29, 1.82) is 0 Å². The van der Waals surface area contributed by atoms with E-state index in [1.807, 2.05) is 30.3 Å². The second-order valence-corrected chi connectivity index (χ2v) is 6.78. The molecular weight excluding hydrogens is 264 g/mol. The van der Waals surface area contributed by atoms with Gasteiger partial charge in [-0.05, 0) is 23.8 Å². The minimum atomic E-state index is -0.270. The Bertz CT molecular complexity index is 426. The number of rotatable bonds is 7. The molecule has 118 valence electrons. The van der Waals surface area contributed by atoms with E-state index in [0.29, 0.717) is 13.0 Å². The molecule has 2 atom stereocenters. The highest BCUT2D eigenvalue weighted by Crippen LogP contribution is 2.24. The highest BCUT2D eigenvalue weighted by atomic mass is 16.3. The number of hydrogen-bond donors (Lipinski definition) is 3. The molecule has 4 heteroatoms. The summed E-state index contributed by atoms with van der Waals surface area (Å²) in [5, 5.41) is 12.4. The van der Waals surface area contributed by atoms with Crippen LogP contribution in [0, 0.1) is 11.3 Å². The molecule has 4 nitrogen and oxygen atoms in total. The van der Waals surface area contributed by atoms with Gasteiger partial charge in [-0.1, -0.05) is 51.1 Å². The van der Waals surface area contributed by atoms with E-state index in [4.69, 9.17) is 5.73 Å². The average Bonchev–Trinajstić information content (AvgIpc) is 2.44. The minimum absolute atomic E-state index is 0.0511. The van der Waals surface area contributed by atoms with Gasteiger partial charge in [0, 0.05) is 6.54 Å². The molecule has 1 unspecified atom stereocenters. The third kappa shape index (κ3) is 6.74. The van der Waals surface area contributed by atoms with Gasteiger partial charge in [-0.25, -0.2) is 0 Å². The number of amides is 1. The standard InChI is InChI=1S/C17H28N2O2/c1-17(2,3)10-14(11-18)16(21)19-15(12-20)9-13-7-5-4-6-8-13/h4-8,14-15,20H,9-12,18H2,1-3H3,(H,19,21)/t14?,15-/m0/s1. The van der Waals surface area contributed by atoms with E-state index in [9.17, 15) is 9.90 Å². The normalized spacial score (nSPS) is 14.5. The fourth-order valence-electron chi connectivity index (χ4n) is 2.40. The second-order valence-electron chi connectivity index (χ2n) is 6.78. The van der Waals surface area contributed by atoms with Gasteiger partial charge in [0.15, 0.2) is 0 Å². The lowest BCUT2D eigenvalue weighted by Gasteiger charge is -2.26. The van der Waals surface area contributed by atoms with Gasteiger partial charge in [0.25, 0.3) is 0 Å². The lowest BCUT2D eigenvalue weighted by atomic mass is 9.84. The molecule has 0 aliphatic rings. The van der Waals surface area contributed by atoms with Gasteiger partial charge in [0.2, 0.25) is 5.91 Å². The number of benzene rings is 1. The molecule has 0 fully saturated rings. The SMILES string of the molecule is CC(C)(C)CC(CN)C(=O)N[C@H](CO)Cc1ccccc1. The molecule has 0 heterocycles. The smallest absolute Gasteiger partial charge is 0.224 e. The molecule has 0 aliphatic heterocycles. The number of nitrogens with one attached hydrogen (secondary N) is 1. The molecule has 0 aromatic heterocycles. The van der Waals surface area contributed by atoms with Gasteiger partial charge in [-0.15, -0.1) is 0 Å². The molecule has 1 aromatic rings. The fraction of sp³-hybridized carbons (Fsp3) is 0.588. The van der Waals surface area contributed by atoms with Crippen LogP contribution in [0.5, 0.6) is 0 Å². The molecule has 21 heavy (non-hydrogen) atoms. The van der Waals surface area contributed by atoms with Crippen LogP contribution in [0.15, 0.2) is 30.3 Å². The molecule has 1 amide bonds. The molecule has 0 saturated carbocycles. The van der Waals surface area contributed by atoms with Crippen LogP contribution in [-0.2, 0) is 11.2 Å². The first-order valence-corrected chi connectivity index (χ1v) is 7.51. The summed E-state index contributed by atoms with van der Waals surface area (Å²) in [6.45, 7) is 6.53. The molecule has 1 aromatic carbocycles. The van der Waals surface area contributed by atoms with Crippen molar-refractivity contribution in [2.45, 2.75) is 39.7 Å². The van der Waals surface area contributed by atoms with E-state index in [1.165, 1.54) is 0 Å². The van der Waals surface area contributed by atoms with Gasteiger partial charge in [-0.2, -0.15) is 0 Å². The Morgan fingerprint density at radius 2 is 1.90 bits per heavy atom. The zero-order valence-corrected chi connectivity index (χ0v) is 13.3. The number of carbonyl (C=O) groups excluding carboxylic acids is 1. The van der Waals surface area contributed by atoms with E-state index in [2.05, 4.69) is 26.1 Å². The van der Waals surface area contributed by atoms with Crippen molar-refractivity contribution in [3.8, 4) is 0 Å². The Morgan fingerprint density at radius 3 is 2.38 bits per heavy atom. The maximum Gasteiger partial charge on any atom is 0.224 e. The molecule has 0 radical (unpaired) electrons. The summed E-state index contributed by atoms with van der Waals surface area (Å²) in [6.07, 6.45) is 1.36. The number of hydrogen-bond acceptors (Lipinski definition) is 3. The van der Waals surface area contributed by atoms with Crippen LogP contribution in [0.4, 0.5) is 0 Å². The molecule has 0 aliphatic carbocycles. The lowest BCUT2D eigenvalue weighted by molar-refractivity contribution is -0.126. The van der Waals surface area contributed by atoms with E-state index in [-0.39, 0.29) is 29.9 Å². The Morgan fingerprint density at radius 1 is 1.29 bits per heavy atom. The summed E-state index contributed by atoms with van der Waals surface area (Å²) in [5.41, 5.74) is 6.87. The van der Waals surface area contributed by atoms with Crippen molar-refractivity contribution in [2.24, 2.45) is 17.1 Å². The quantitative estimate of drug-likeness (QED) is 0.716. The molecule has 0 spiro atoms. The Hall–Kier alpha value is -1.39. The molecule has 1 rings (SSSR count). The Balaban J connectivity index is 2.61. The molecule has 0 bridgehead atoms. The minimum Gasteiger partial charge on any atom is -0.394 e. The van der Waals surface area contributed by atoms with Crippen molar-refractivity contribution in [2.75, 3.05) is 13.2 Å². The van der Waals surface area contributed by atoms with Crippen LogP contribution in [0.2, 0.25) is 0 Å². The summed E-state index contributed by atoms with van der Waals surface area (Å²) in [6, 6.07) is 9.56. The van der Waals surface area contributed by atoms with Crippen LogP contribution >= 0.6 is 0 Å². The lowest BCUT2D eigenvalue weighted by Crippen LogP contribution is -2.45. The van der Waals surface area contributed by atoms with Gasteiger partial charge in [0.05, 0.1) is 18.6 Å². The highest BCUT2D eigenvalue weighted by Gasteiger charge is 2.25. The molecular formula is C17H28N2O2. The maximum absolute atomic E-state index is 12.3. The summed E-state index contributed by atoms with van der Waals surface area (Å²) < 4.78 is 0. The Labute approximate surface area is 127 Å². The van der Waals surface area contributed by atoms with Crippen molar-refractivity contribution in [3.05, 3.63) is 35.9 Å². The van der Waals surface area contributed by atoms with Crippen LogP contribution in [0.1, 0.15) is 32.8 Å². The number of aliphatic hydroxyl groups excluding tert-OH is 1. The monoisotopic (exact) mass is 292 g/mol. The van der Waals surface area contributed by atoms with Crippen molar-refractivity contribution in [1.82, 2.24) is 5.32 Å². The Kier molecular flexibility index (Phi) is 6.85. The van der Waals surface area contributed by atoms with E-state index in [1.54, 1.807) is 0 Å². The summed E-state index contributed by atoms with van der Waals surface area (Å²) in [7, 11) is 0. The van der Waals surface area contributed by atoms with E-state index >= 15 is 0 Å². The summed E-state index contributed by atoms with van der Waals surface area (Å²) in [5.74, 6) is -0.280. The summed E-state index contributed by atoms with van der Waals surface area (Å²) in [4.78, 5) is 12.3. The van der Waals surface area contributed by atoms with E-state index in [0.717, 1.165) is 12.0 Å². The van der Waals surface area contributed by atoms with Gasteiger partial charge < -0.3 is 16.2 Å². The predicted octanol–water partition coefficient (Wildman–Crippen LogP) is 1.72. The second kappa shape index (κ2) is 8.15. The summed E-state index contributed by atoms with van der Waals surface area (Å²) >= 11 is 0. The molecule has 0 saturated heterocycles. The van der Waals surface area contributed by atoms with Crippen molar-refractivity contribution >= 4 is 5.91 Å². The zero-order chi connectivity index (χ0) is 15.9. The van der Waals surface area contributed by atoms with Crippen LogP contribution in [0.3, 0.4) is 0 Å². The van der Waals surface area contributed by atoms with Crippen molar-refractivity contribution in [3.63, 3.8) is 0 Å². The number of nitrogens with two attached hydrogens (primary N) is 1. The largest absolute Gasteiger partial charge is 0.394 e. The van der Waals surface area contributed by atoms with Crippen LogP contribution < -0.4 is 11.1 Å². The first-order chi connectivity index (χ1) is 9.85. The first kappa shape index (κ1) is 17.7. The predicted molar refractivity (Wildman–Crippen MR) is 85.8 cm³/mol. The van der Waals surface area contributed by atoms with Gasteiger partial charge in [-0.3, -0.25) is 4.79 Å². The maximum atomic E-state index is 12.3. The zero-order valence-electron chi connectivity index (χ0n) is 13.3. The third-order valence-electron chi connectivity index (χ3n) is 3.41. The van der Waals surface area contributed by atoms with Gasteiger partial charge >= 0.3 is 0 Å². The highest BCUT2D eigenvalue weighted by molar-refractivity contribution is 5.79. The third-order valence-corrected chi connectivity index (χ3v) is 3.41. The molecule has 4 N–H and O–H groups in total. The van der Waals surface area contributed by atoms with Crippen LogP contribution in [0.25, 0.3) is 0 Å². The fourth-order valence-corrected chi connectivity index (χ4v) is 2.40. The van der Waals surface area contributed by atoms with Crippen LogP contribution in [-0.4, -0.2) is 30.2 Å². The van der Waals surface area contributed by atoms with Gasteiger partial charge in [0.1, 0.15) is 0 Å². The average molecular weight is 292 g/mol. The first-order valence-electron chi connectivity index (χ1n) is 7.51. The number of aliphatic hydroxyl groups is 1. The number of carbonyl (C=O) groups is 1. The topological polar surface area (TPSA) is 75.4 Å².